The molecular formula is C19H20N4O4S2. The summed E-state index contributed by atoms with van der Waals surface area (Å²) in [6.45, 7) is 3.29. The van der Waals surface area contributed by atoms with Crippen LogP contribution in [0.2, 0.25) is 0 Å². The number of sulfonamides is 1. The van der Waals surface area contributed by atoms with Gasteiger partial charge in [-0.15, -0.1) is 0 Å². The van der Waals surface area contributed by atoms with Crippen molar-refractivity contribution in [1.29, 1.82) is 0 Å². The first kappa shape index (κ1) is 19.7. The maximum atomic E-state index is 12.1. The molecule has 29 heavy (non-hydrogen) atoms. The Labute approximate surface area is 171 Å². The first-order chi connectivity index (χ1) is 13.9. The molecule has 0 unspecified atom stereocenters. The highest BCUT2D eigenvalue weighted by molar-refractivity contribution is 7.99. The lowest BCUT2D eigenvalue weighted by molar-refractivity contribution is 0.514. The third kappa shape index (κ3) is 3.83. The largest absolute Gasteiger partial charge is 0.419 e. The Morgan fingerprint density at radius 3 is 2.66 bits per heavy atom. The van der Waals surface area contributed by atoms with Crippen molar-refractivity contribution in [3.05, 3.63) is 53.0 Å². The van der Waals surface area contributed by atoms with Crippen molar-refractivity contribution in [2.45, 2.75) is 36.5 Å². The highest BCUT2D eigenvalue weighted by Crippen LogP contribution is 2.26. The molecule has 0 saturated heterocycles. The summed E-state index contributed by atoms with van der Waals surface area (Å²) in [6.07, 6.45) is 0.905. The summed E-state index contributed by atoms with van der Waals surface area (Å²) in [5.74, 6) is 0.227. The lowest BCUT2D eigenvalue weighted by Gasteiger charge is -2.07. The van der Waals surface area contributed by atoms with E-state index in [0.29, 0.717) is 23.4 Å². The van der Waals surface area contributed by atoms with E-state index in [1.165, 1.54) is 23.9 Å². The minimum atomic E-state index is -3.79. The number of para-hydroxylation sites is 2. The molecule has 152 valence electrons. The van der Waals surface area contributed by atoms with Crippen LogP contribution in [-0.2, 0) is 23.1 Å². The Kier molecular flexibility index (Phi) is 5.24. The van der Waals surface area contributed by atoms with E-state index in [1.807, 2.05) is 18.2 Å². The van der Waals surface area contributed by atoms with Crippen molar-refractivity contribution in [2.75, 3.05) is 5.75 Å². The molecular weight excluding hydrogens is 412 g/mol. The molecule has 0 aliphatic heterocycles. The molecule has 4 rings (SSSR count). The van der Waals surface area contributed by atoms with Gasteiger partial charge in [0, 0.05) is 18.8 Å². The van der Waals surface area contributed by atoms with Crippen LogP contribution in [0.5, 0.6) is 0 Å². The van der Waals surface area contributed by atoms with Gasteiger partial charge in [-0.3, -0.25) is 4.57 Å². The quantitative estimate of drug-likeness (QED) is 0.449. The van der Waals surface area contributed by atoms with Crippen LogP contribution in [0.3, 0.4) is 0 Å². The zero-order valence-corrected chi connectivity index (χ0v) is 17.4. The lowest BCUT2D eigenvalue weighted by atomic mass is 10.3. The maximum Gasteiger partial charge on any atom is 0.419 e. The van der Waals surface area contributed by atoms with E-state index in [2.05, 4.69) is 16.5 Å². The highest BCUT2D eigenvalue weighted by atomic mass is 32.2. The van der Waals surface area contributed by atoms with Gasteiger partial charge in [-0.05, 0) is 36.8 Å². The number of nitrogens with two attached hydrogens (primary N) is 1. The lowest BCUT2D eigenvalue weighted by Crippen LogP contribution is -2.15. The summed E-state index contributed by atoms with van der Waals surface area (Å²) >= 11 is 1.51. The minimum absolute atomic E-state index is 0.0408. The second-order valence-electron chi connectivity index (χ2n) is 6.58. The summed E-state index contributed by atoms with van der Waals surface area (Å²) in [5.41, 5.74) is 2.76. The van der Waals surface area contributed by atoms with E-state index in [4.69, 9.17) is 9.56 Å². The predicted octanol–water partition coefficient (Wildman–Crippen LogP) is 2.79. The molecule has 2 N–H and O–H groups in total. The number of aryl methyl sites for hydroxylation is 2. The molecule has 0 saturated carbocycles. The van der Waals surface area contributed by atoms with Crippen LogP contribution in [0, 0.1) is 0 Å². The van der Waals surface area contributed by atoms with Gasteiger partial charge in [0.05, 0.1) is 21.4 Å². The third-order valence-electron chi connectivity index (χ3n) is 4.58. The number of nitrogens with zero attached hydrogens (tertiary/aromatic N) is 3. The summed E-state index contributed by atoms with van der Waals surface area (Å²) in [7, 11) is -3.79. The van der Waals surface area contributed by atoms with Gasteiger partial charge in [-0.2, -0.15) is 0 Å². The average molecular weight is 433 g/mol. The molecule has 0 aliphatic rings. The Morgan fingerprint density at radius 1 is 1.10 bits per heavy atom. The molecule has 0 spiro atoms. The Morgan fingerprint density at radius 2 is 1.90 bits per heavy atom. The number of imidazole rings is 1. The van der Waals surface area contributed by atoms with Crippen LogP contribution in [0.25, 0.3) is 22.1 Å². The van der Waals surface area contributed by atoms with E-state index in [-0.39, 0.29) is 10.7 Å². The highest BCUT2D eigenvalue weighted by Gasteiger charge is 2.15. The molecule has 2 heterocycles. The fourth-order valence-electron chi connectivity index (χ4n) is 3.27. The molecule has 0 radical (unpaired) electrons. The van der Waals surface area contributed by atoms with E-state index in [9.17, 15) is 13.2 Å². The zero-order valence-electron chi connectivity index (χ0n) is 15.7. The third-order valence-corrected chi connectivity index (χ3v) is 6.45. The molecule has 10 heteroatoms. The molecule has 0 aliphatic carbocycles. The van der Waals surface area contributed by atoms with Gasteiger partial charge in [0.25, 0.3) is 0 Å². The van der Waals surface area contributed by atoms with Crippen LogP contribution >= 0.6 is 11.8 Å². The Bertz CT molecular complexity index is 1350. The van der Waals surface area contributed by atoms with Gasteiger partial charge in [0.15, 0.2) is 10.7 Å². The van der Waals surface area contributed by atoms with E-state index in [0.717, 1.165) is 29.2 Å². The molecule has 2 aromatic carbocycles. The van der Waals surface area contributed by atoms with Gasteiger partial charge in [-0.1, -0.05) is 30.8 Å². The van der Waals surface area contributed by atoms with Gasteiger partial charge < -0.3 is 8.98 Å². The average Bonchev–Trinajstić information content (AvgIpc) is 3.18. The van der Waals surface area contributed by atoms with E-state index < -0.39 is 10.0 Å². The number of oxazole rings is 1. The van der Waals surface area contributed by atoms with Crippen LogP contribution in [0.1, 0.15) is 13.3 Å². The monoisotopic (exact) mass is 432 g/mol. The maximum absolute atomic E-state index is 12.1. The van der Waals surface area contributed by atoms with Gasteiger partial charge in [0.2, 0.25) is 10.0 Å². The summed E-state index contributed by atoms with van der Waals surface area (Å²) in [6, 6.07) is 12.0. The molecule has 0 bridgehead atoms. The SMILES string of the molecule is CCCn1c(SCCn2c(=O)oc3ccccc32)nc2cc(S(N)(=O)=O)ccc21. The van der Waals surface area contributed by atoms with Crippen LogP contribution in [0.15, 0.2) is 61.7 Å². The number of benzene rings is 2. The van der Waals surface area contributed by atoms with Gasteiger partial charge in [0.1, 0.15) is 0 Å². The van der Waals surface area contributed by atoms with Crippen molar-refractivity contribution in [1.82, 2.24) is 14.1 Å². The second-order valence-corrected chi connectivity index (χ2v) is 9.20. The number of hydrogen-bond donors (Lipinski definition) is 1. The standard InChI is InChI=1S/C19H20N4O4S2/c1-2-9-22-15-8-7-13(29(20,25)26)12-14(15)21-18(22)28-11-10-23-16-5-3-4-6-17(16)27-19(23)24/h3-8,12H,2,9-11H2,1H3,(H2,20,25,26). The molecule has 0 fully saturated rings. The second kappa shape index (κ2) is 7.69. The van der Waals surface area contributed by atoms with Gasteiger partial charge >= 0.3 is 5.76 Å². The topological polar surface area (TPSA) is 113 Å². The van der Waals surface area contributed by atoms with Crippen LogP contribution in [-0.4, -0.2) is 28.3 Å². The number of thioether (sulfide) groups is 1. The number of fused-ring (bicyclic) bond motifs is 2. The Balaban J connectivity index is 1.62. The van der Waals surface area contributed by atoms with Gasteiger partial charge in [-0.25, -0.2) is 23.3 Å². The fourth-order valence-corrected chi connectivity index (χ4v) is 4.77. The van der Waals surface area contributed by atoms with Crippen molar-refractivity contribution in [3.63, 3.8) is 0 Å². The number of aromatic nitrogens is 3. The molecule has 0 amide bonds. The smallest absolute Gasteiger partial charge is 0.408 e. The van der Waals surface area contributed by atoms with Crippen LogP contribution < -0.4 is 10.9 Å². The Hall–Kier alpha value is -2.56. The summed E-state index contributed by atoms with van der Waals surface area (Å²) in [5, 5.41) is 6.01. The van der Waals surface area contributed by atoms with Crippen molar-refractivity contribution >= 4 is 43.9 Å². The summed E-state index contributed by atoms with van der Waals surface area (Å²) in [4.78, 5) is 16.8. The molecule has 0 atom stereocenters. The van der Waals surface area contributed by atoms with E-state index in [1.54, 1.807) is 16.7 Å². The number of hydrogen-bond acceptors (Lipinski definition) is 6. The number of primary sulfonamides is 1. The zero-order chi connectivity index (χ0) is 20.6. The molecule has 8 nitrogen and oxygen atoms in total. The van der Waals surface area contributed by atoms with Crippen molar-refractivity contribution in [3.8, 4) is 0 Å². The first-order valence-electron chi connectivity index (χ1n) is 9.12. The van der Waals surface area contributed by atoms with E-state index >= 15 is 0 Å². The van der Waals surface area contributed by atoms with Crippen molar-refractivity contribution < 1.29 is 12.8 Å². The predicted molar refractivity (Wildman–Crippen MR) is 113 cm³/mol. The fraction of sp³-hybridized carbons (Fsp3) is 0.263. The first-order valence-corrected chi connectivity index (χ1v) is 11.7. The molecule has 2 aromatic heterocycles. The molecule has 4 aromatic rings. The number of rotatable bonds is 7. The van der Waals surface area contributed by atoms with Crippen molar-refractivity contribution in [2.24, 2.45) is 5.14 Å². The normalized spacial score (nSPS) is 12.2. The summed E-state index contributed by atoms with van der Waals surface area (Å²) < 4.78 is 32.2. The van der Waals surface area contributed by atoms with Crippen LogP contribution in [0.4, 0.5) is 0 Å². The minimum Gasteiger partial charge on any atom is -0.408 e.